The lowest BCUT2D eigenvalue weighted by Crippen LogP contribution is -2.41. The monoisotopic (exact) mass is 511 g/mol. The zero-order chi connectivity index (χ0) is 27.1. The van der Waals surface area contributed by atoms with E-state index in [1.54, 1.807) is 36.1 Å². The quantitative estimate of drug-likeness (QED) is 0.286. The van der Waals surface area contributed by atoms with Gasteiger partial charge in [0.25, 0.3) is 0 Å². The highest BCUT2D eigenvalue weighted by Crippen LogP contribution is 2.33. The fourth-order valence-corrected chi connectivity index (χ4v) is 4.21. The van der Waals surface area contributed by atoms with Gasteiger partial charge in [0.2, 0.25) is 5.91 Å². The van der Waals surface area contributed by atoms with Crippen molar-refractivity contribution in [1.29, 1.82) is 0 Å². The predicted molar refractivity (Wildman–Crippen MR) is 151 cm³/mol. The number of hydrogen-bond acceptors (Lipinski definition) is 4. The molecule has 3 amide bonds. The molecule has 0 aliphatic heterocycles. The molecule has 3 aromatic carbocycles. The van der Waals surface area contributed by atoms with Crippen LogP contribution in [0.5, 0.6) is 5.75 Å². The number of carbonyl (C=O) groups is 2. The van der Waals surface area contributed by atoms with Gasteiger partial charge in [0.05, 0.1) is 18.5 Å². The molecule has 0 bridgehead atoms. The number of nitrogens with one attached hydrogen (secondary N) is 2. The van der Waals surface area contributed by atoms with E-state index in [2.05, 4.69) is 10.6 Å². The van der Waals surface area contributed by atoms with E-state index in [4.69, 9.17) is 9.84 Å². The molecule has 0 fully saturated rings. The van der Waals surface area contributed by atoms with Crippen molar-refractivity contribution in [3.63, 3.8) is 0 Å². The van der Waals surface area contributed by atoms with Gasteiger partial charge in [0.15, 0.2) is 0 Å². The van der Waals surface area contributed by atoms with E-state index in [0.717, 1.165) is 28.1 Å². The molecular formula is C30H33N5O3. The second-order valence-electron chi connectivity index (χ2n) is 9.05. The lowest BCUT2D eigenvalue weighted by Gasteiger charge is -2.22. The Morgan fingerprint density at radius 2 is 1.61 bits per heavy atom. The van der Waals surface area contributed by atoms with E-state index in [9.17, 15) is 9.59 Å². The first-order chi connectivity index (χ1) is 18.4. The minimum Gasteiger partial charge on any atom is -0.497 e. The predicted octanol–water partition coefficient (Wildman–Crippen LogP) is 6.05. The molecule has 0 radical (unpaired) electrons. The molecule has 8 heteroatoms. The Morgan fingerprint density at radius 1 is 0.921 bits per heavy atom. The van der Waals surface area contributed by atoms with Crippen LogP contribution >= 0.6 is 0 Å². The van der Waals surface area contributed by atoms with Gasteiger partial charge in [-0.15, -0.1) is 0 Å². The Kier molecular flexibility index (Phi) is 8.43. The molecular weight excluding hydrogens is 478 g/mol. The number of methoxy groups -OCH3 is 1. The van der Waals surface area contributed by atoms with Crippen LogP contribution in [0.2, 0.25) is 0 Å². The van der Waals surface area contributed by atoms with Gasteiger partial charge >= 0.3 is 6.03 Å². The lowest BCUT2D eigenvalue weighted by atomic mass is 10.1. The maximum atomic E-state index is 13.4. The van der Waals surface area contributed by atoms with Gasteiger partial charge in [0, 0.05) is 17.8 Å². The standard InChI is InChI=1S/C30H33N5O3/c1-5-19-34(30(37)31-24-13-17-26(38-4)18-14-24)20-27(36)32-29-28(23-9-7-6-8-10-23)22(3)33-35(29)25-15-11-21(2)12-16-25/h6-18H,5,19-20H2,1-4H3,(H,31,37)(H,32,36). The Bertz CT molecular complexity index is 1380. The summed E-state index contributed by atoms with van der Waals surface area (Å²) in [5.41, 5.74) is 5.15. The number of hydrogen-bond donors (Lipinski definition) is 2. The summed E-state index contributed by atoms with van der Waals surface area (Å²) in [7, 11) is 1.59. The van der Waals surface area contributed by atoms with Crippen molar-refractivity contribution in [2.75, 3.05) is 30.8 Å². The minimum absolute atomic E-state index is 0.109. The zero-order valence-corrected chi connectivity index (χ0v) is 22.2. The van der Waals surface area contributed by atoms with Crippen molar-refractivity contribution in [1.82, 2.24) is 14.7 Å². The summed E-state index contributed by atoms with van der Waals surface area (Å²) in [5, 5.41) is 10.7. The molecule has 2 N–H and O–H groups in total. The normalized spacial score (nSPS) is 10.6. The van der Waals surface area contributed by atoms with Gasteiger partial charge in [-0.2, -0.15) is 5.10 Å². The molecule has 0 saturated carbocycles. The number of ether oxygens (including phenoxy) is 1. The van der Waals surface area contributed by atoms with Crippen LogP contribution in [0.15, 0.2) is 78.9 Å². The summed E-state index contributed by atoms with van der Waals surface area (Å²) in [5.74, 6) is 0.950. The van der Waals surface area contributed by atoms with Gasteiger partial charge in [0.1, 0.15) is 18.1 Å². The molecule has 38 heavy (non-hydrogen) atoms. The first-order valence-electron chi connectivity index (χ1n) is 12.6. The number of amides is 3. The molecule has 4 rings (SSSR count). The van der Waals surface area contributed by atoms with Crippen molar-refractivity contribution >= 4 is 23.4 Å². The molecule has 8 nitrogen and oxygen atoms in total. The Labute approximate surface area is 223 Å². The molecule has 1 aromatic heterocycles. The smallest absolute Gasteiger partial charge is 0.322 e. The molecule has 0 aliphatic rings. The maximum absolute atomic E-state index is 13.4. The fraction of sp³-hybridized carbons (Fsp3) is 0.233. The molecule has 0 spiro atoms. The van der Waals surface area contributed by atoms with Crippen LogP contribution in [0.1, 0.15) is 24.6 Å². The Balaban J connectivity index is 1.59. The molecule has 0 unspecified atom stereocenters. The third-order valence-electron chi connectivity index (χ3n) is 6.12. The molecule has 1 heterocycles. The number of aromatic nitrogens is 2. The van der Waals surface area contributed by atoms with Crippen LogP contribution in [0.4, 0.5) is 16.3 Å². The zero-order valence-electron chi connectivity index (χ0n) is 22.2. The van der Waals surface area contributed by atoms with E-state index in [1.807, 2.05) is 75.4 Å². The summed E-state index contributed by atoms with van der Waals surface area (Å²) in [6.45, 7) is 6.23. The molecule has 196 valence electrons. The molecule has 0 saturated heterocycles. The summed E-state index contributed by atoms with van der Waals surface area (Å²) in [6.07, 6.45) is 0.707. The molecule has 4 aromatic rings. The highest BCUT2D eigenvalue weighted by molar-refractivity contribution is 5.99. The number of nitrogens with zero attached hydrogens (tertiary/aromatic N) is 3. The first kappa shape index (κ1) is 26.5. The summed E-state index contributed by atoms with van der Waals surface area (Å²) in [4.78, 5) is 27.9. The van der Waals surface area contributed by atoms with Crippen molar-refractivity contribution in [3.05, 3.63) is 90.1 Å². The highest BCUT2D eigenvalue weighted by atomic mass is 16.5. The van der Waals surface area contributed by atoms with Gasteiger partial charge in [-0.05, 0) is 62.2 Å². The largest absolute Gasteiger partial charge is 0.497 e. The number of rotatable bonds is 9. The van der Waals surface area contributed by atoms with E-state index in [0.29, 0.717) is 30.2 Å². The fourth-order valence-electron chi connectivity index (χ4n) is 4.21. The Hall–Kier alpha value is -4.59. The first-order valence-corrected chi connectivity index (χ1v) is 12.6. The van der Waals surface area contributed by atoms with Crippen LogP contribution in [-0.4, -0.2) is 46.8 Å². The third-order valence-corrected chi connectivity index (χ3v) is 6.12. The number of carbonyl (C=O) groups excluding carboxylic acids is 2. The lowest BCUT2D eigenvalue weighted by molar-refractivity contribution is -0.116. The highest BCUT2D eigenvalue weighted by Gasteiger charge is 2.22. The SMILES string of the molecule is CCCN(CC(=O)Nc1c(-c2ccccc2)c(C)nn1-c1ccc(C)cc1)C(=O)Nc1ccc(OC)cc1. The van der Waals surface area contributed by atoms with Crippen LogP contribution in [-0.2, 0) is 4.79 Å². The van der Waals surface area contributed by atoms with Crippen LogP contribution in [0.25, 0.3) is 16.8 Å². The van der Waals surface area contributed by atoms with E-state index < -0.39 is 0 Å². The van der Waals surface area contributed by atoms with Crippen LogP contribution in [0, 0.1) is 13.8 Å². The van der Waals surface area contributed by atoms with Gasteiger partial charge in [-0.3, -0.25) is 4.79 Å². The summed E-state index contributed by atoms with van der Waals surface area (Å²) < 4.78 is 6.92. The minimum atomic E-state index is -0.348. The molecule has 0 atom stereocenters. The van der Waals surface area contributed by atoms with Crippen molar-refractivity contribution in [3.8, 4) is 22.6 Å². The number of aryl methyl sites for hydroxylation is 2. The number of urea groups is 1. The van der Waals surface area contributed by atoms with E-state index in [1.165, 1.54) is 4.90 Å². The van der Waals surface area contributed by atoms with Crippen LogP contribution in [0.3, 0.4) is 0 Å². The number of benzene rings is 3. The number of anilines is 2. The second kappa shape index (κ2) is 12.1. The maximum Gasteiger partial charge on any atom is 0.322 e. The Morgan fingerprint density at radius 3 is 2.24 bits per heavy atom. The van der Waals surface area contributed by atoms with Crippen LogP contribution < -0.4 is 15.4 Å². The van der Waals surface area contributed by atoms with Crippen molar-refractivity contribution < 1.29 is 14.3 Å². The van der Waals surface area contributed by atoms with E-state index in [-0.39, 0.29) is 18.5 Å². The average molecular weight is 512 g/mol. The van der Waals surface area contributed by atoms with Crippen molar-refractivity contribution in [2.45, 2.75) is 27.2 Å². The summed E-state index contributed by atoms with van der Waals surface area (Å²) >= 11 is 0. The molecule has 0 aliphatic carbocycles. The third kappa shape index (κ3) is 6.21. The van der Waals surface area contributed by atoms with E-state index >= 15 is 0 Å². The second-order valence-corrected chi connectivity index (χ2v) is 9.05. The van der Waals surface area contributed by atoms with Crippen molar-refractivity contribution in [2.24, 2.45) is 0 Å². The summed E-state index contributed by atoms with van der Waals surface area (Å²) in [6, 6.07) is 24.5. The van der Waals surface area contributed by atoms with Gasteiger partial charge in [-0.25, -0.2) is 9.48 Å². The van der Waals surface area contributed by atoms with Gasteiger partial charge < -0.3 is 20.3 Å². The van der Waals surface area contributed by atoms with Gasteiger partial charge in [-0.1, -0.05) is 55.0 Å². The topological polar surface area (TPSA) is 88.5 Å². The average Bonchev–Trinajstić information content (AvgIpc) is 3.24.